The number of aromatic nitrogens is 1. The van der Waals surface area contributed by atoms with Crippen LogP contribution in [0.4, 0.5) is 5.82 Å². The normalized spacial score (nSPS) is 19.1. The fourth-order valence-electron chi connectivity index (χ4n) is 3.04. The molecule has 0 aliphatic heterocycles. The first-order valence-corrected chi connectivity index (χ1v) is 7.77. The van der Waals surface area contributed by atoms with E-state index in [1.165, 1.54) is 0 Å². The van der Waals surface area contributed by atoms with Gasteiger partial charge in [0.1, 0.15) is 11.0 Å². The molecule has 1 aliphatic rings. The maximum Gasteiger partial charge on any atom is 0.251 e. The smallest absolute Gasteiger partial charge is 0.251 e. The molecule has 4 nitrogen and oxygen atoms in total. The lowest BCUT2D eigenvalue weighted by Crippen LogP contribution is -2.27. The lowest BCUT2D eigenvalue weighted by atomic mass is 10.0. The molecule has 0 unspecified atom stereocenters. The fourth-order valence-corrected chi connectivity index (χ4v) is 3.25. The first-order chi connectivity index (χ1) is 9.70. The number of carbonyl (C=O) groups excluding carboxylic acids is 1. The van der Waals surface area contributed by atoms with Crippen LogP contribution in [0.3, 0.4) is 0 Å². The number of amides is 1. The van der Waals surface area contributed by atoms with E-state index in [1.807, 2.05) is 6.92 Å². The van der Waals surface area contributed by atoms with E-state index in [0.29, 0.717) is 29.0 Å². The van der Waals surface area contributed by atoms with Gasteiger partial charge in [0.25, 0.3) is 5.91 Å². The van der Waals surface area contributed by atoms with Gasteiger partial charge in [-0.2, -0.15) is 0 Å². The second-order valence-electron chi connectivity index (χ2n) is 6.80. The summed E-state index contributed by atoms with van der Waals surface area (Å²) in [7, 11) is 0. The summed E-state index contributed by atoms with van der Waals surface area (Å²) in [6, 6.07) is 3.33. The van der Waals surface area contributed by atoms with Crippen LogP contribution in [0.1, 0.15) is 45.0 Å². The molecule has 1 aromatic rings. The summed E-state index contributed by atoms with van der Waals surface area (Å²) in [4.78, 5) is 16.4. The monoisotopic (exact) mass is 309 g/mol. The highest BCUT2D eigenvalue weighted by Gasteiger charge is 2.64. The number of rotatable bonds is 5. The van der Waals surface area contributed by atoms with Gasteiger partial charge in [-0.15, -0.1) is 0 Å². The summed E-state index contributed by atoms with van der Waals surface area (Å²) in [6.07, 6.45) is 0. The van der Waals surface area contributed by atoms with Crippen LogP contribution in [-0.4, -0.2) is 24.0 Å². The summed E-state index contributed by atoms with van der Waals surface area (Å²) in [5.74, 6) is 1.03. The average molecular weight is 310 g/mol. The number of halogens is 1. The summed E-state index contributed by atoms with van der Waals surface area (Å²) in [5.41, 5.74) is 1.08. The molecule has 2 N–H and O–H groups in total. The third-order valence-corrected chi connectivity index (χ3v) is 5.39. The van der Waals surface area contributed by atoms with Crippen molar-refractivity contribution in [3.05, 3.63) is 22.8 Å². The largest absolute Gasteiger partial charge is 0.370 e. The van der Waals surface area contributed by atoms with Crippen LogP contribution in [0.2, 0.25) is 5.15 Å². The molecular weight excluding hydrogens is 286 g/mol. The maximum absolute atomic E-state index is 12.3. The Labute approximate surface area is 131 Å². The highest BCUT2D eigenvalue weighted by Crippen LogP contribution is 2.67. The number of carbonyl (C=O) groups is 1. The Bertz CT molecular complexity index is 540. The average Bonchev–Trinajstić information content (AvgIpc) is 2.76. The van der Waals surface area contributed by atoms with Crippen molar-refractivity contribution in [3.8, 4) is 0 Å². The number of nitrogens with one attached hydrogen (secondary N) is 2. The van der Waals surface area contributed by atoms with E-state index in [0.717, 1.165) is 6.54 Å². The molecule has 0 bridgehead atoms. The molecule has 0 aromatic carbocycles. The Kier molecular flexibility index (Phi) is 4.20. The quantitative estimate of drug-likeness (QED) is 0.817. The van der Waals surface area contributed by atoms with Gasteiger partial charge in [0.05, 0.1) is 0 Å². The molecule has 5 heteroatoms. The van der Waals surface area contributed by atoms with Crippen LogP contribution in [0.15, 0.2) is 12.1 Å². The first-order valence-electron chi connectivity index (χ1n) is 7.39. The second kappa shape index (κ2) is 5.48. The van der Waals surface area contributed by atoms with Gasteiger partial charge in [0, 0.05) is 18.7 Å². The Balaban J connectivity index is 2.01. The lowest BCUT2D eigenvalue weighted by molar-refractivity contribution is 0.0950. The van der Waals surface area contributed by atoms with Gasteiger partial charge < -0.3 is 10.6 Å². The molecule has 21 heavy (non-hydrogen) atoms. The van der Waals surface area contributed by atoms with Gasteiger partial charge in [-0.25, -0.2) is 4.98 Å². The van der Waals surface area contributed by atoms with Crippen molar-refractivity contribution >= 4 is 23.3 Å². The summed E-state index contributed by atoms with van der Waals surface area (Å²) in [5, 5.41) is 6.41. The SMILES string of the molecule is CCNc1cc(C(=O)NCC2C(C)(C)C2(C)C)cc(Cl)n1. The lowest BCUT2D eigenvalue weighted by Gasteiger charge is -2.09. The van der Waals surface area contributed by atoms with Crippen molar-refractivity contribution < 1.29 is 4.79 Å². The van der Waals surface area contributed by atoms with Gasteiger partial charge in [0.2, 0.25) is 0 Å². The van der Waals surface area contributed by atoms with E-state index in [2.05, 4.69) is 43.3 Å². The van der Waals surface area contributed by atoms with Crippen LogP contribution in [0.5, 0.6) is 0 Å². The zero-order valence-corrected chi connectivity index (χ0v) is 14.1. The summed E-state index contributed by atoms with van der Waals surface area (Å²) < 4.78 is 0. The number of nitrogens with zero attached hydrogens (tertiary/aromatic N) is 1. The van der Waals surface area contributed by atoms with Crippen LogP contribution >= 0.6 is 11.6 Å². The van der Waals surface area contributed by atoms with Gasteiger partial charge in [0.15, 0.2) is 0 Å². The van der Waals surface area contributed by atoms with Crippen molar-refractivity contribution in [1.82, 2.24) is 10.3 Å². The number of anilines is 1. The molecule has 1 aromatic heterocycles. The molecule has 0 radical (unpaired) electrons. The van der Waals surface area contributed by atoms with E-state index in [9.17, 15) is 4.79 Å². The van der Waals surface area contributed by atoms with Gasteiger partial charge in [-0.3, -0.25) is 4.79 Å². The van der Waals surface area contributed by atoms with E-state index in [1.54, 1.807) is 12.1 Å². The molecule has 116 valence electrons. The zero-order valence-electron chi connectivity index (χ0n) is 13.4. The molecule has 1 amide bonds. The Morgan fingerprint density at radius 1 is 1.29 bits per heavy atom. The topological polar surface area (TPSA) is 54.0 Å². The number of pyridine rings is 1. The standard InChI is InChI=1S/C16H24ClN3O/c1-6-18-13-8-10(7-12(17)20-13)14(21)19-9-11-15(2,3)16(11,4)5/h7-8,11H,6,9H2,1-5H3,(H,18,20)(H,19,21). The Morgan fingerprint density at radius 3 is 2.43 bits per heavy atom. The predicted molar refractivity (Wildman–Crippen MR) is 86.8 cm³/mol. The number of hydrogen-bond donors (Lipinski definition) is 2. The molecule has 0 saturated heterocycles. The maximum atomic E-state index is 12.3. The zero-order chi connectivity index (χ0) is 15.8. The molecule has 1 fully saturated rings. The van der Waals surface area contributed by atoms with Crippen molar-refractivity contribution in [2.24, 2.45) is 16.7 Å². The molecule has 1 aliphatic carbocycles. The van der Waals surface area contributed by atoms with Crippen LogP contribution in [0.25, 0.3) is 0 Å². The van der Waals surface area contributed by atoms with Crippen LogP contribution in [0, 0.1) is 16.7 Å². The van der Waals surface area contributed by atoms with E-state index >= 15 is 0 Å². The van der Waals surface area contributed by atoms with Gasteiger partial charge >= 0.3 is 0 Å². The molecule has 1 saturated carbocycles. The van der Waals surface area contributed by atoms with Crippen molar-refractivity contribution in [1.29, 1.82) is 0 Å². The third-order valence-electron chi connectivity index (χ3n) is 5.20. The minimum absolute atomic E-state index is 0.100. The number of hydrogen-bond acceptors (Lipinski definition) is 3. The van der Waals surface area contributed by atoms with Gasteiger partial charge in [-0.05, 0) is 35.8 Å². The minimum atomic E-state index is -0.100. The molecule has 0 atom stereocenters. The second-order valence-corrected chi connectivity index (χ2v) is 7.19. The molecular formula is C16H24ClN3O. The van der Waals surface area contributed by atoms with Crippen molar-refractivity contribution in [2.45, 2.75) is 34.6 Å². The Morgan fingerprint density at radius 2 is 1.90 bits per heavy atom. The minimum Gasteiger partial charge on any atom is -0.370 e. The van der Waals surface area contributed by atoms with Crippen molar-refractivity contribution in [3.63, 3.8) is 0 Å². The van der Waals surface area contributed by atoms with E-state index < -0.39 is 0 Å². The summed E-state index contributed by atoms with van der Waals surface area (Å²) in [6.45, 7) is 12.4. The van der Waals surface area contributed by atoms with E-state index in [4.69, 9.17) is 11.6 Å². The van der Waals surface area contributed by atoms with E-state index in [-0.39, 0.29) is 16.7 Å². The van der Waals surface area contributed by atoms with Crippen molar-refractivity contribution in [2.75, 3.05) is 18.4 Å². The van der Waals surface area contributed by atoms with Crippen LogP contribution < -0.4 is 10.6 Å². The highest BCUT2D eigenvalue weighted by molar-refractivity contribution is 6.29. The molecule has 2 rings (SSSR count). The summed E-state index contributed by atoms with van der Waals surface area (Å²) >= 11 is 5.96. The highest BCUT2D eigenvalue weighted by atomic mass is 35.5. The fraction of sp³-hybridized carbons (Fsp3) is 0.625. The van der Waals surface area contributed by atoms with Gasteiger partial charge in [-0.1, -0.05) is 39.3 Å². The third kappa shape index (κ3) is 3.00. The first kappa shape index (κ1) is 16.1. The van der Waals surface area contributed by atoms with Crippen LogP contribution in [-0.2, 0) is 0 Å². The molecule has 1 heterocycles. The molecule has 0 spiro atoms. The predicted octanol–water partition coefficient (Wildman–Crippen LogP) is 3.58. The Hall–Kier alpha value is -1.29.